The van der Waals surface area contributed by atoms with Gasteiger partial charge in [0.1, 0.15) is 4.83 Å². The van der Waals surface area contributed by atoms with Gasteiger partial charge in [0.05, 0.1) is 11.1 Å². The van der Waals surface area contributed by atoms with Gasteiger partial charge in [-0.05, 0) is 37.3 Å². The summed E-state index contributed by atoms with van der Waals surface area (Å²) in [6, 6.07) is 8.56. The quantitative estimate of drug-likeness (QED) is 0.440. The number of ketones is 1. The van der Waals surface area contributed by atoms with Crippen LogP contribution < -0.4 is 5.56 Å². The number of hydrogen-bond acceptors (Lipinski definition) is 5. The molecule has 0 unspecified atom stereocenters. The lowest BCUT2D eigenvalue weighted by atomic mass is 10.1. The van der Waals surface area contributed by atoms with Crippen molar-refractivity contribution in [2.24, 2.45) is 0 Å². The van der Waals surface area contributed by atoms with Crippen LogP contribution in [0.1, 0.15) is 15.2 Å². The minimum absolute atomic E-state index is 0.0354. The van der Waals surface area contributed by atoms with Gasteiger partial charge in [-0.3, -0.25) is 9.59 Å². The van der Waals surface area contributed by atoms with E-state index >= 15 is 0 Å². The number of Topliss-reactive ketones (excluding diaryl/α,β-unsaturated/α-hetero) is 1. The minimum atomic E-state index is -0.171. The van der Waals surface area contributed by atoms with Gasteiger partial charge in [0.2, 0.25) is 0 Å². The van der Waals surface area contributed by atoms with Gasteiger partial charge in [0.15, 0.2) is 10.9 Å². The number of aromatic nitrogens is 2. The molecule has 0 aliphatic heterocycles. The fourth-order valence-electron chi connectivity index (χ4n) is 1.95. The summed E-state index contributed by atoms with van der Waals surface area (Å²) in [6.45, 7) is 1.93. The lowest BCUT2D eigenvalue weighted by Gasteiger charge is -2.01. The average molecular weight is 351 g/mol. The maximum Gasteiger partial charge on any atom is 0.260 e. The molecule has 1 N–H and O–H groups in total. The van der Waals surface area contributed by atoms with Crippen LogP contribution in [0.3, 0.4) is 0 Å². The van der Waals surface area contributed by atoms with Crippen LogP contribution in [0.2, 0.25) is 5.02 Å². The maximum absolute atomic E-state index is 12.1. The molecule has 3 aromatic rings. The highest BCUT2D eigenvalue weighted by atomic mass is 35.5. The number of nitrogens with zero attached hydrogens (tertiary/aromatic N) is 1. The summed E-state index contributed by atoms with van der Waals surface area (Å²) in [6.07, 6.45) is 0. The van der Waals surface area contributed by atoms with E-state index in [1.54, 1.807) is 24.3 Å². The van der Waals surface area contributed by atoms with Crippen LogP contribution in [0, 0.1) is 6.92 Å². The first-order valence-corrected chi connectivity index (χ1v) is 8.63. The number of rotatable bonds is 4. The smallest absolute Gasteiger partial charge is 0.260 e. The van der Waals surface area contributed by atoms with Gasteiger partial charge in [0.25, 0.3) is 5.56 Å². The lowest BCUT2D eigenvalue weighted by molar-refractivity contribution is 0.102. The Labute approximate surface area is 139 Å². The fraction of sp³-hybridized carbons (Fsp3) is 0.133. The molecule has 22 heavy (non-hydrogen) atoms. The summed E-state index contributed by atoms with van der Waals surface area (Å²) < 4.78 is 0. The van der Waals surface area contributed by atoms with Crippen LogP contribution >= 0.6 is 34.7 Å². The van der Waals surface area contributed by atoms with Crippen LogP contribution in [0.25, 0.3) is 10.2 Å². The molecule has 0 fully saturated rings. The number of carbonyl (C=O) groups excluding carboxylic acids is 1. The van der Waals surface area contributed by atoms with Gasteiger partial charge in [-0.1, -0.05) is 23.4 Å². The van der Waals surface area contributed by atoms with Gasteiger partial charge in [-0.2, -0.15) is 0 Å². The Bertz CT molecular complexity index is 900. The van der Waals surface area contributed by atoms with Gasteiger partial charge in [-0.25, -0.2) is 4.98 Å². The SMILES string of the molecule is Cc1cc2c(=O)[nH]c(SCC(=O)c3ccc(Cl)cc3)nc2s1. The highest BCUT2D eigenvalue weighted by Crippen LogP contribution is 2.23. The Kier molecular flexibility index (Phi) is 4.33. The second-order valence-electron chi connectivity index (χ2n) is 4.67. The molecule has 3 rings (SSSR count). The number of thiophene rings is 1. The topological polar surface area (TPSA) is 62.8 Å². The molecule has 4 nitrogen and oxygen atoms in total. The van der Waals surface area contributed by atoms with Crippen molar-refractivity contribution in [3.05, 3.63) is 56.1 Å². The Morgan fingerprint density at radius 1 is 1.36 bits per heavy atom. The van der Waals surface area contributed by atoms with Crippen molar-refractivity contribution in [1.29, 1.82) is 0 Å². The molecule has 0 bridgehead atoms. The van der Waals surface area contributed by atoms with E-state index < -0.39 is 0 Å². The molecule has 7 heteroatoms. The molecule has 0 amide bonds. The molecule has 2 aromatic heterocycles. The Hall–Kier alpha value is -1.63. The number of hydrogen-bond donors (Lipinski definition) is 1. The maximum atomic E-state index is 12.1. The second-order valence-corrected chi connectivity index (χ2v) is 7.30. The van der Waals surface area contributed by atoms with E-state index in [9.17, 15) is 9.59 Å². The first-order chi connectivity index (χ1) is 10.5. The van der Waals surface area contributed by atoms with E-state index in [1.807, 2.05) is 13.0 Å². The molecule has 1 aromatic carbocycles. The summed E-state index contributed by atoms with van der Waals surface area (Å²) in [5.41, 5.74) is 0.420. The number of thioether (sulfide) groups is 1. The van der Waals surface area contributed by atoms with Crippen LogP contribution in [0.15, 0.2) is 40.3 Å². The van der Waals surface area contributed by atoms with E-state index in [0.29, 0.717) is 26.0 Å². The van der Waals surface area contributed by atoms with Gasteiger partial charge >= 0.3 is 0 Å². The molecule has 0 saturated carbocycles. The molecule has 0 spiro atoms. The van der Waals surface area contributed by atoms with Crippen LogP contribution in [-0.2, 0) is 0 Å². The van der Waals surface area contributed by atoms with E-state index in [0.717, 1.165) is 4.88 Å². The predicted molar refractivity (Wildman–Crippen MR) is 91.5 cm³/mol. The Balaban J connectivity index is 1.77. The first kappa shape index (κ1) is 15.3. The van der Waals surface area contributed by atoms with Crippen molar-refractivity contribution >= 4 is 50.7 Å². The monoisotopic (exact) mass is 350 g/mol. The lowest BCUT2D eigenvalue weighted by Crippen LogP contribution is -2.09. The number of nitrogens with one attached hydrogen (secondary N) is 1. The van der Waals surface area contributed by atoms with Crippen LogP contribution in [0.5, 0.6) is 0 Å². The van der Waals surface area contributed by atoms with Crippen molar-refractivity contribution < 1.29 is 4.79 Å². The number of H-pyrrole nitrogens is 1. The summed E-state index contributed by atoms with van der Waals surface area (Å²) in [5.74, 6) is 0.173. The highest BCUT2D eigenvalue weighted by molar-refractivity contribution is 7.99. The second kappa shape index (κ2) is 6.24. The largest absolute Gasteiger partial charge is 0.301 e. The molecule has 0 atom stereocenters. The molecule has 0 radical (unpaired) electrons. The van der Waals surface area contributed by atoms with Crippen molar-refractivity contribution in [2.75, 3.05) is 5.75 Å². The third kappa shape index (κ3) is 3.24. The minimum Gasteiger partial charge on any atom is -0.301 e. The molecule has 0 aliphatic carbocycles. The molecular formula is C15H11ClN2O2S2. The number of fused-ring (bicyclic) bond motifs is 1. The third-order valence-electron chi connectivity index (χ3n) is 3.01. The molecule has 2 heterocycles. The zero-order chi connectivity index (χ0) is 15.7. The number of halogens is 1. The molecule has 112 valence electrons. The number of benzene rings is 1. The summed E-state index contributed by atoms with van der Waals surface area (Å²) in [5, 5.41) is 1.64. The standard InChI is InChI=1S/C15H11ClN2O2S2/c1-8-6-11-13(20)17-15(18-14(11)22-8)21-7-12(19)9-2-4-10(16)5-3-9/h2-6H,7H2,1H3,(H,17,18,20). The van der Waals surface area contributed by atoms with Crippen LogP contribution in [0.4, 0.5) is 0 Å². The Morgan fingerprint density at radius 3 is 2.82 bits per heavy atom. The summed E-state index contributed by atoms with van der Waals surface area (Å²) in [7, 11) is 0. The normalized spacial score (nSPS) is 11.0. The number of carbonyl (C=O) groups is 1. The molecule has 0 aliphatic rings. The zero-order valence-corrected chi connectivity index (χ0v) is 13.9. The number of aromatic amines is 1. The van der Waals surface area contributed by atoms with E-state index in [2.05, 4.69) is 9.97 Å². The fourth-order valence-corrected chi connectivity index (χ4v) is 3.77. The van der Waals surface area contributed by atoms with Crippen molar-refractivity contribution in [3.8, 4) is 0 Å². The van der Waals surface area contributed by atoms with E-state index in [-0.39, 0.29) is 17.1 Å². The van der Waals surface area contributed by atoms with Gasteiger partial charge in [0, 0.05) is 15.5 Å². The first-order valence-electron chi connectivity index (χ1n) is 6.45. The molecule has 0 saturated heterocycles. The predicted octanol–water partition coefficient (Wildman–Crippen LogP) is 3.92. The summed E-state index contributed by atoms with van der Waals surface area (Å²) in [4.78, 5) is 32.9. The summed E-state index contributed by atoms with van der Waals surface area (Å²) >= 11 is 8.49. The Morgan fingerprint density at radius 2 is 2.09 bits per heavy atom. The molecular weight excluding hydrogens is 340 g/mol. The zero-order valence-electron chi connectivity index (χ0n) is 11.6. The van der Waals surface area contributed by atoms with Crippen molar-refractivity contribution in [2.45, 2.75) is 12.1 Å². The average Bonchev–Trinajstić information content (AvgIpc) is 2.86. The van der Waals surface area contributed by atoms with Crippen molar-refractivity contribution in [3.63, 3.8) is 0 Å². The third-order valence-corrected chi connectivity index (χ3v) is 5.08. The van der Waals surface area contributed by atoms with E-state index in [4.69, 9.17) is 11.6 Å². The van der Waals surface area contributed by atoms with Gasteiger partial charge < -0.3 is 4.98 Å². The van der Waals surface area contributed by atoms with Crippen LogP contribution in [-0.4, -0.2) is 21.5 Å². The van der Waals surface area contributed by atoms with Gasteiger partial charge in [-0.15, -0.1) is 11.3 Å². The number of aryl methyl sites for hydroxylation is 1. The van der Waals surface area contributed by atoms with Crippen molar-refractivity contribution in [1.82, 2.24) is 9.97 Å². The van der Waals surface area contributed by atoms with E-state index in [1.165, 1.54) is 23.1 Å². The highest BCUT2D eigenvalue weighted by Gasteiger charge is 2.10.